The van der Waals surface area contributed by atoms with E-state index in [-0.39, 0.29) is 5.41 Å². The van der Waals surface area contributed by atoms with Crippen LogP contribution in [0.4, 0.5) is 0 Å². The monoisotopic (exact) mass is 374 g/mol. The van der Waals surface area contributed by atoms with Crippen LogP contribution >= 0.6 is 0 Å². The maximum atomic E-state index is 6.30. The molecule has 1 aromatic carbocycles. The SMILES string of the molecule is CC1CN(CC2CCN(C(C)Cc3ccc(C(C)(C)C)cc3)O2)CC(C)O1. The van der Waals surface area contributed by atoms with Crippen molar-refractivity contribution < 1.29 is 9.57 Å². The molecule has 0 aromatic heterocycles. The maximum Gasteiger partial charge on any atom is 0.0933 e. The van der Waals surface area contributed by atoms with E-state index in [1.54, 1.807) is 0 Å². The number of morpholine rings is 1. The smallest absolute Gasteiger partial charge is 0.0933 e. The third-order valence-electron chi connectivity index (χ3n) is 5.76. The molecule has 2 saturated heterocycles. The molecule has 4 atom stereocenters. The summed E-state index contributed by atoms with van der Waals surface area (Å²) in [5, 5.41) is 2.20. The zero-order chi connectivity index (χ0) is 19.6. The number of hydrogen-bond acceptors (Lipinski definition) is 4. The molecular weight excluding hydrogens is 336 g/mol. The number of hydroxylamine groups is 2. The van der Waals surface area contributed by atoms with Crippen LogP contribution in [0.25, 0.3) is 0 Å². The van der Waals surface area contributed by atoms with Crippen LogP contribution in [-0.2, 0) is 21.4 Å². The first kappa shape index (κ1) is 20.8. The first-order valence-electron chi connectivity index (χ1n) is 10.6. The molecule has 0 radical (unpaired) electrons. The van der Waals surface area contributed by atoms with E-state index in [2.05, 4.69) is 75.8 Å². The molecule has 4 unspecified atom stereocenters. The van der Waals surface area contributed by atoms with Crippen molar-refractivity contribution in [1.29, 1.82) is 0 Å². The van der Waals surface area contributed by atoms with Crippen molar-refractivity contribution in [2.75, 3.05) is 26.2 Å². The molecular formula is C23H38N2O2. The summed E-state index contributed by atoms with van der Waals surface area (Å²) in [4.78, 5) is 8.80. The lowest BCUT2D eigenvalue weighted by Crippen LogP contribution is -2.48. The van der Waals surface area contributed by atoms with E-state index in [1.165, 1.54) is 11.1 Å². The molecule has 2 heterocycles. The minimum Gasteiger partial charge on any atom is -0.373 e. The average molecular weight is 375 g/mol. The Kier molecular flexibility index (Phi) is 6.62. The van der Waals surface area contributed by atoms with Crippen LogP contribution in [0.15, 0.2) is 24.3 Å². The maximum absolute atomic E-state index is 6.30. The molecule has 152 valence electrons. The van der Waals surface area contributed by atoms with E-state index in [0.29, 0.717) is 24.4 Å². The van der Waals surface area contributed by atoms with Crippen molar-refractivity contribution in [3.05, 3.63) is 35.4 Å². The first-order valence-corrected chi connectivity index (χ1v) is 10.6. The topological polar surface area (TPSA) is 24.9 Å². The van der Waals surface area contributed by atoms with Crippen molar-refractivity contribution in [2.24, 2.45) is 0 Å². The fourth-order valence-corrected chi connectivity index (χ4v) is 4.32. The van der Waals surface area contributed by atoms with E-state index >= 15 is 0 Å². The predicted molar refractivity (Wildman–Crippen MR) is 111 cm³/mol. The lowest BCUT2D eigenvalue weighted by atomic mass is 9.86. The highest BCUT2D eigenvalue weighted by molar-refractivity contribution is 5.27. The third kappa shape index (κ3) is 5.77. The van der Waals surface area contributed by atoms with Crippen LogP contribution in [0.3, 0.4) is 0 Å². The van der Waals surface area contributed by atoms with Gasteiger partial charge in [-0.2, -0.15) is 5.06 Å². The van der Waals surface area contributed by atoms with Gasteiger partial charge in [0.2, 0.25) is 0 Å². The van der Waals surface area contributed by atoms with Crippen LogP contribution in [-0.4, -0.2) is 60.5 Å². The second-order valence-electron chi connectivity index (χ2n) is 9.63. The van der Waals surface area contributed by atoms with Gasteiger partial charge in [0, 0.05) is 32.2 Å². The third-order valence-corrected chi connectivity index (χ3v) is 5.76. The Morgan fingerprint density at radius 3 is 2.30 bits per heavy atom. The summed E-state index contributed by atoms with van der Waals surface area (Å²) >= 11 is 0. The number of benzene rings is 1. The molecule has 1 aromatic rings. The van der Waals surface area contributed by atoms with Gasteiger partial charge in [-0.3, -0.25) is 9.74 Å². The number of nitrogens with zero attached hydrogens (tertiary/aromatic N) is 2. The van der Waals surface area contributed by atoms with Crippen molar-refractivity contribution in [3.63, 3.8) is 0 Å². The van der Waals surface area contributed by atoms with Gasteiger partial charge >= 0.3 is 0 Å². The largest absolute Gasteiger partial charge is 0.373 e. The minimum atomic E-state index is 0.212. The highest BCUT2D eigenvalue weighted by Gasteiger charge is 2.31. The van der Waals surface area contributed by atoms with Crippen LogP contribution in [0.2, 0.25) is 0 Å². The summed E-state index contributed by atoms with van der Waals surface area (Å²) in [6, 6.07) is 9.51. The molecule has 0 aliphatic carbocycles. The summed E-state index contributed by atoms with van der Waals surface area (Å²) in [5.74, 6) is 0. The van der Waals surface area contributed by atoms with E-state index in [4.69, 9.17) is 9.57 Å². The molecule has 0 bridgehead atoms. The molecule has 27 heavy (non-hydrogen) atoms. The lowest BCUT2D eigenvalue weighted by molar-refractivity contribution is -0.177. The molecule has 0 spiro atoms. The van der Waals surface area contributed by atoms with Crippen molar-refractivity contribution in [3.8, 4) is 0 Å². The van der Waals surface area contributed by atoms with Crippen molar-refractivity contribution in [1.82, 2.24) is 9.96 Å². The lowest BCUT2D eigenvalue weighted by Gasteiger charge is -2.36. The van der Waals surface area contributed by atoms with Crippen molar-refractivity contribution >= 4 is 0 Å². The van der Waals surface area contributed by atoms with Gasteiger partial charge in [-0.25, -0.2) is 0 Å². The van der Waals surface area contributed by atoms with E-state index < -0.39 is 0 Å². The van der Waals surface area contributed by atoms with E-state index in [0.717, 1.165) is 39.0 Å². The standard InChI is InChI=1S/C23H38N2O2/c1-17(13-20-7-9-21(10-8-20)23(4,5)6)25-12-11-22(27-25)16-24-14-18(2)26-19(3)15-24/h7-10,17-19,22H,11-16H2,1-6H3. The molecule has 4 nitrogen and oxygen atoms in total. The zero-order valence-corrected chi connectivity index (χ0v) is 18.1. The molecule has 2 aliphatic rings. The Labute approximate surface area is 165 Å². The number of hydrogen-bond donors (Lipinski definition) is 0. The highest BCUT2D eigenvalue weighted by Crippen LogP contribution is 2.24. The molecule has 4 heteroatoms. The Morgan fingerprint density at radius 2 is 1.70 bits per heavy atom. The van der Waals surface area contributed by atoms with Crippen LogP contribution in [0.5, 0.6) is 0 Å². The Hall–Kier alpha value is -0.940. The molecule has 0 amide bonds. The predicted octanol–water partition coefficient (Wildman–Crippen LogP) is 4.03. The number of rotatable bonds is 5. The molecule has 2 fully saturated rings. The second kappa shape index (κ2) is 8.60. The average Bonchev–Trinajstić information content (AvgIpc) is 3.02. The second-order valence-corrected chi connectivity index (χ2v) is 9.63. The zero-order valence-electron chi connectivity index (χ0n) is 18.1. The van der Waals surface area contributed by atoms with Gasteiger partial charge in [0.1, 0.15) is 0 Å². The molecule has 2 aliphatic heterocycles. The summed E-state index contributed by atoms with van der Waals surface area (Å²) in [6.45, 7) is 17.5. The van der Waals surface area contributed by atoms with E-state index in [9.17, 15) is 0 Å². The van der Waals surface area contributed by atoms with Crippen LogP contribution in [0, 0.1) is 0 Å². The van der Waals surface area contributed by atoms with Crippen LogP contribution in [0.1, 0.15) is 59.1 Å². The summed E-state index contributed by atoms with van der Waals surface area (Å²) in [5.41, 5.74) is 2.99. The fourth-order valence-electron chi connectivity index (χ4n) is 4.32. The Morgan fingerprint density at radius 1 is 1.07 bits per heavy atom. The highest BCUT2D eigenvalue weighted by atomic mass is 16.7. The van der Waals surface area contributed by atoms with Crippen LogP contribution < -0.4 is 0 Å². The van der Waals surface area contributed by atoms with Gasteiger partial charge in [-0.15, -0.1) is 0 Å². The summed E-state index contributed by atoms with van der Waals surface area (Å²) in [7, 11) is 0. The fraction of sp³-hybridized carbons (Fsp3) is 0.739. The Bertz CT molecular complexity index is 585. The molecule has 3 rings (SSSR count). The van der Waals surface area contributed by atoms with Gasteiger partial charge in [-0.1, -0.05) is 45.0 Å². The number of ether oxygens (including phenoxy) is 1. The van der Waals surface area contributed by atoms with Gasteiger partial charge in [0.05, 0.1) is 18.3 Å². The first-order chi connectivity index (χ1) is 12.7. The van der Waals surface area contributed by atoms with Crippen molar-refractivity contribution in [2.45, 2.75) is 84.2 Å². The van der Waals surface area contributed by atoms with Gasteiger partial charge in [-0.05, 0) is 50.2 Å². The van der Waals surface area contributed by atoms with Gasteiger partial charge in [0.25, 0.3) is 0 Å². The van der Waals surface area contributed by atoms with E-state index in [1.807, 2.05) is 0 Å². The molecule has 0 N–H and O–H groups in total. The summed E-state index contributed by atoms with van der Waals surface area (Å²) < 4.78 is 5.84. The summed E-state index contributed by atoms with van der Waals surface area (Å²) in [6.07, 6.45) is 3.10. The Balaban J connectivity index is 1.48. The molecule has 0 saturated carbocycles. The van der Waals surface area contributed by atoms with Gasteiger partial charge < -0.3 is 4.74 Å². The quantitative estimate of drug-likeness (QED) is 0.777. The minimum absolute atomic E-state index is 0.212. The normalized spacial score (nSPS) is 29.2. The van der Waals surface area contributed by atoms with Gasteiger partial charge in [0.15, 0.2) is 0 Å².